The number of carbonyl (C=O) groups is 1. The Hall–Kier alpha value is -2.50. The summed E-state index contributed by atoms with van der Waals surface area (Å²) in [5.74, 6) is 0.00269. The summed E-state index contributed by atoms with van der Waals surface area (Å²) in [7, 11) is 0. The molecule has 0 saturated carbocycles. The average molecular weight is 291 g/mol. The van der Waals surface area contributed by atoms with Crippen molar-refractivity contribution < 1.29 is 19.1 Å². The summed E-state index contributed by atoms with van der Waals surface area (Å²) in [6.45, 7) is 5.42. The number of benzene rings is 1. The molecule has 0 bridgehead atoms. The summed E-state index contributed by atoms with van der Waals surface area (Å²) in [5.41, 5.74) is -0.280. The first kappa shape index (κ1) is 14.9. The molecule has 1 aromatic heterocycles. The number of rotatable bonds is 2. The Morgan fingerprint density at radius 3 is 2.71 bits per heavy atom. The van der Waals surface area contributed by atoms with Crippen LogP contribution in [-0.4, -0.2) is 16.8 Å². The van der Waals surface area contributed by atoms with Gasteiger partial charge in [0.2, 0.25) is 0 Å². The van der Waals surface area contributed by atoms with Gasteiger partial charge in [0.15, 0.2) is 0 Å². The number of aromatic hydroxyl groups is 1. The lowest BCUT2D eigenvalue weighted by Crippen LogP contribution is -2.32. The van der Waals surface area contributed by atoms with Crippen molar-refractivity contribution in [1.82, 2.24) is 5.32 Å². The maximum Gasteiger partial charge on any atom is 0.407 e. The fourth-order valence-electron chi connectivity index (χ4n) is 1.85. The van der Waals surface area contributed by atoms with Crippen LogP contribution in [-0.2, 0) is 11.3 Å². The Labute approximate surface area is 121 Å². The van der Waals surface area contributed by atoms with E-state index in [9.17, 15) is 14.7 Å². The quantitative estimate of drug-likeness (QED) is 0.830. The summed E-state index contributed by atoms with van der Waals surface area (Å²) in [6.07, 6.45) is -0.567. The molecule has 0 radical (unpaired) electrons. The zero-order valence-electron chi connectivity index (χ0n) is 12.1. The lowest BCUT2D eigenvalue weighted by atomic mass is 10.1. The molecular weight excluding hydrogens is 274 g/mol. The van der Waals surface area contributed by atoms with E-state index in [0.717, 1.165) is 0 Å². The summed E-state index contributed by atoms with van der Waals surface area (Å²) in [4.78, 5) is 23.1. The molecule has 1 heterocycles. The number of carbonyl (C=O) groups excluding carboxylic acids is 1. The van der Waals surface area contributed by atoms with Crippen LogP contribution in [0.3, 0.4) is 0 Å². The number of amides is 1. The first-order valence-electron chi connectivity index (χ1n) is 6.47. The highest BCUT2D eigenvalue weighted by Crippen LogP contribution is 2.21. The van der Waals surface area contributed by atoms with Gasteiger partial charge in [-0.25, -0.2) is 9.59 Å². The molecule has 6 nitrogen and oxygen atoms in total. The Balaban J connectivity index is 2.22. The van der Waals surface area contributed by atoms with Crippen molar-refractivity contribution in [1.29, 1.82) is 0 Å². The minimum atomic E-state index is -0.590. The van der Waals surface area contributed by atoms with Crippen molar-refractivity contribution in [3.8, 4) is 5.75 Å². The highest BCUT2D eigenvalue weighted by atomic mass is 16.6. The van der Waals surface area contributed by atoms with E-state index in [-0.39, 0.29) is 17.9 Å². The zero-order chi connectivity index (χ0) is 15.6. The third-order valence-electron chi connectivity index (χ3n) is 2.64. The van der Waals surface area contributed by atoms with Gasteiger partial charge in [0, 0.05) is 24.1 Å². The largest absolute Gasteiger partial charge is 0.508 e. The van der Waals surface area contributed by atoms with Crippen molar-refractivity contribution in [2.75, 3.05) is 0 Å². The van der Waals surface area contributed by atoms with E-state index in [2.05, 4.69) is 5.32 Å². The van der Waals surface area contributed by atoms with Gasteiger partial charge in [0.05, 0.1) is 0 Å². The second-order valence-electron chi connectivity index (χ2n) is 5.63. The molecule has 0 spiro atoms. The van der Waals surface area contributed by atoms with Crippen molar-refractivity contribution in [2.45, 2.75) is 32.9 Å². The van der Waals surface area contributed by atoms with Gasteiger partial charge in [0.25, 0.3) is 0 Å². The standard InChI is InChI=1S/C15H17NO5/c1-15(2,3)21-14(19)16-8-9-6-13(18)20-12-7-10(17)4-5-11(9)12/h4-7,17H,8H2,1-3H3,(H,16,19). The number of ether oxygens (including phenoxy) is 1. The van der Waals surface area contributed by atoms with E-state index in [0.29, 0.717) is 10.9 Å². The lowest BCUT2D eigenvalue weighted by Gasteiger charge is -2.19. The van der Waals surface area contributed by atoms with Gasteiger partial charge in [-0.1, -0.05) is 0 Å². The number of hydrogen-bond acceptors (Lipinski definition) is 5. The van der Waals surface area contributed by atoms with Crippen LogP contribution in [0.5, 0.6) is 5.75 Å². The highest BCUT2D eigenvalue weighted by molar-refractivity contribution is 5.81. The van der Waals surface area contributed by atoms with Crippen LogP contribution in [0.1, 0.15) is 26.3 Å². The molecule has 0 aliphatic carbocycles. The number of hydrogen-bond donors (Lipinski definition) is 2. The third kappa shape index (κ3) is 3.98. The number of phenols is 1. The predicted molar refractivity (Wildman–Crippen MR) is 77.2 cm³/mol. The predicted octanol–water partition coefficient (Wildman–Crippen LogP) is 2.52. The molecule has 1 aromatic carbocycles. The van der Waals surface area contributed by atoms with Crippen LogP contribution in [0.25, 0.3) is 11.0 Å². The Morgan fingerprint density at radius 2 is 2.05 bits per heavy atom. The second kappa shape index (κ2) is 5.47. The Kier molecular flexibility index (Phi) is 3.88. The van der Waals surface area contributed by atoms with Gasteiger partial charge in [-0.3, -0.25) is 0 Å². The number of nitrogens with one attached hydrogen (secondary N) is 1. The topological polar surface area (TPSA) is 88.8 Å². The fraction of sp³-hybridized carbons (Fsp3) is 0.333. The number of alkyl carbamates (subject to hydrolysis) is 1. The van der Waals surface area contributed by atoms with E-state index in [4.69, 9.17) is 9.15 Å². The molecule has 1 amide bonds. The summed E-state index contributed by atoms with van der Waals surface area (Å²) < 4.78 is 10.1. The monoisotopic (exact) mass is 291 g/mol. The summed E-state index contributed by atoms with van der Waals surface area (Å²) in [6, 6.07) is 5.77. The minimum Gasteiger partial charge on any atom is -0.508 e. The van der Waals surface area contributed by atoms with E-state index < -0.39 is 17.3 Å². The van der Waals surface area contributed by atoms with Crippen LogP contribution >= 0.6 is 0 Å². The highest BCUT2D eigenvalue weighted by Gasteiger charge is 2.16. The molecule has 112 valence electrons. The molecule has 0 fully saturated rings. The van der Waals surface area contributed by atoms with Crippen LogP contribution in [0.15, 0.2) is 33.5 Å². The fourth-order valence-corrected chi connectivity index (χ4v) is 1.85. The molecule has 2 aromatic rings. The van der Waals surface area contributed by atoms with Crippen LogP contribution < -0.4 is 10.9 Å². The SMILES string of the molecule is CC(C)(C)OC(=O)NCc1cc(=O)oc2cc(O)ccc12. The van der Waals surface area contributed by atoms with Crippen LogP contribution in [0, 0.1) is 0 Å². The van der Waals surface area contributed by atoms with E-state index >= 15 is 0 Å². The molecule has 21 heavy (non-hydrogen) atoms. The molecule has 0 aliphatic rings. The summed E-state index contributed by atoms with van der Waals surface area (Å²) >= 11 is 0. The molecule has 0 unspecified atom stereocenters. The lowest BCUT2D eigenvalue weighted by molar-refractivity contribution is 0.0523. The molecule has 6 heteroatoms. The van der Waals surface area contributed by atoms with E-state index in [1.54, 1.807) is 26.8 Å². The van der Waals surface area contributed by atoms with Crippen molar-refractivity contribution in [3.05, 3.63) is 40.2 Å². The molecule has 2 rings (SSSR count). The van der Waals surface area contributed by atoms with Gasteiger partial charge in [-0.05, 0) is 38.5 Å². The molecule has 0 atom stereocenters. The first-order chi connectivity index (χ1) is 9.74. The molecule has 0 saturated heterocycles. The van der Waals surface area contributed by atoms with Crippen molar-refractivity contribution in [2.24, 2.45) is 0 Å². The zero-order valence-corrected chi connectivity index (χ0v) is 12.1. The average Bonchev–Trinajstić information content (AvgIpc) is 2.33. The molecule has 2 N–H and O–H groups in total. The van der Waals surface area contributed by atoms with E-state index in [1.807, 2.05) is 0 Å². The number of fused-ring (bicyclic) bond motifs is 1. The molecule has 0 aliphatic heterocycles. The van der Waals surface area contributed by atoms with Gasteiger partial charge < -0.3 is 19.6 Å². The Morgan fingerprint density at radius 1 is 1.33 bits per heavy atom. The summed E-state index contributed by atoms with van der Waals surface area (Å²) in [5, 5.41) is 12.6. The smallest absolute Gasteiger partial charge is 0.407 e. The third-order valence-corrected chi connectivity index (χ3v) is 2.64. The van der Waals surface area contributed by atoms with Gasteiger partial charge in [0.1, 0.15) is 16.9 Å². The van der Waals surface area contributed by atoms with Crippen molar-refractivity contribution >= 4 is 17.1 Å². The maximum atomic E-state index is 11.6. The first-order valence-corrected chi connectivity index (χ1v) is 6.47. The molecular formula is C15H17NO5. The van der Waals surface area contributed by atoms with Gasteiger partial charge in [-0.15, -0.1) is 0 Å². The second-order valence-corrected chi connectivity index (χ2v) is 5.63. The number of phenolic OH excluding ortho intramolecular Hbond substituents is 1. The maximum absolute atomic E-state index is 11.6. The normalized spacial score (nSPS) is 11.4. The van der Waals surface area contributed by atoms with Crippen LogP contribution in [0.4, 0.5) is 4.79 Å². The minimum absolute atomic E-state index is 0.00269. The Bertz CT molecular complexity index is 727. The van der Waals surface area contributed by atoms with Gasteiger partial charge >= 0.3 is 11.7 Å². The van der Waals surface area contributed by atoms with Crippen LogP contribution in [0.2, 0.25) is 0 Å². The van der Waals surface area contributed by atoms with E-state index in [1.165, 1.54) is 18.2 Å². The van der Waals surface area contributed by atoms with Gasteiger partial charge in [-0.2, -0.15) is 0 Å². The van der Waals surface area contributed by atoms with Crippen molar-refractivity contribution in [3.63, 3.8) is 0 Å².